The first-order chi connectivity index (χ1) is 14.5. The zero-order chi connectivity index (χ0) is 21.3. The molecule has 0 saturated carbocycles. The van der Waals surface area contributed by atoms with E-state index < -0.39 is 5.82 Å². The predicted octanol–water partition coefficient (Wildman–Crippen LogP) is 4.99. The summed E-state index contributed by atoms with van der Waals surface area (Å²) in [5.41, 5.74) is 4.66. The number of nitrogens with one attached hydrogen (secondary N) is 2. The van der Waals surface area contributed by atoms with E-state index in [-0.39, 0.29) is 10.9 Å². The molecule has 0 spiro atoms. The van der Waals surface area contributed by atoms with Crippen molar-refractivity contribution in [2.24, 2.45) is 0 Å². The number of carbonyl (C=O) groups is 2. The Hall–Kier alpha value is -3.71. The molecule has 4 aromatic rings. The molecule has 2 aromatic carbocycles. The van der Waals surface area contributed by atoms with E-state index in [9.17, 15) is 14.0 Å². The van der Waals surface area contributed by atoms with Gasteiger partial charge in [0.25, 0.3) is 0 Å². The van der Waals surface area contributed by atoms with E-state index >= 15 is 0 Å². The van der Waals surface area contributed by atoms with Gasteiger partial charge in [0.1, 0.15) is 5.82 Å². The number of pyridine rings is 1. The Morgan fingerprint density at radius 1 is 1.13 bits per heavy atom. The van der Waals surface area contributed by atoms with E-state index in [1.807, 2.05) is 24.4 Å². The third kappa shape index (κ3) is 3.75. The summed E-state index contributed by atoms with van der Waals surface area (Å²) in [6.07, 6.45) is 4.07. The molecule has 30 heavy (non-hydrogen) atoms. The summed E-state index contributed by atoms with van der Waals surface area (Å²) in [6, 6.07) is 13.6. The van der Waals surface area contributed by atoms with Gasteiger partial charge in [-0.2, -0.15) is 0 Å². The Kier molecular flexibility index (Phi) is 5.20. The minimum atomic E-state index is -0.506. The minimum Gasteiger partial charge on any atom is -0.326 e. The lowest BCUT2D eigenvalue weighted by molar-refractivity contribution is -0.114. The van der Waals surface area contributed by atoms with Crippen LogP contribution in [0.15, 0.2) is 60.9 Å². The van der Waals surface area contributed by atoms with Gasteiger partial charge in [0, 0.05) is 29.9 Å². The normalized spacial score (nSPS) is 10.8. The van der Waals surface area contributed by atoms with Crippen LogP contribution < -0.4 is 10.6 Å². The van der Waals surface area contributed by atoms with Crippen LogP contribution in [0, 0.1) is 5.82 Å². The average Bonchev–Trinajstić information content (AvgIpc) is 3.14. The maximum absolute atomic E-state index is 13.6. The molecule has 0 saturated heterocycles. The van der Waals surface area contributed by atoms with Gasteiger partial charge in [-0.1, -0.05) is 23.7 Å². The molecule has 0 unspecified atom stereocenters. The number of nitrogens with zero attached hydrogens (tertiary/aromatic N) is 2. The van der Waals surface area contributed by atoms with Crippen molar-refractivity contribution in [1.29, 1.82) is 0 Å². The molecule has 0 aliphatic heterocycles. The van der Waals surface area contributed by atoms with Gasteiger partial charge in [0.2, 0.25) is 12.3 Å². The second-order valence-electron chi connectivity index (χ2n) is 6.63. The first-order valence-electron chi connectivity index (χ1n) is 9.01. The number of anilines is 2. The molecule has 4 rings (SSSR count). The second-order valence-corrected chi connectivity index (χ2v) is 7.04. The lowest BCUT2D eigenvalue weighted by Crippen LogP contribution is -2.05. The zero-order valence-electron chi connectivity index (χ0n) is 15.8. The van der Waals surface area contributed by atoms with Crippen LogP contribution in [0.1, 0.15) is 6.92 Å². The maximum atomic E-state index is 13.6. The molecule has 0 aliphatic rings. The molecule has 0 atom stereocenters. The summed E-state index contributed by atoms with van der Waals surface area (Å²) in [4.78, 5) is 26.9. The van der Waals surface area contributed by atoms with E-state index in [0.29, 0.717) is 34.7 Å². The van der Waals surface area contributed by atoms with Crippen LogP contribution in [-0.4, -0.2) is 21.7 Å². The Morgan fingerprint density at radius 3 is 2.70 bits per heavy atom. The van der Waals surface area contributed by atoms with E-state index in [1.54, 1.807) is 28.8 Å². The molecule has 0 fully saturated rings. The molecule has 2 amide bonds. The van der Waals surface area contributed by atoms with Crippen LogP contribution in [0.2, 0.25) is 5.02 Å². The fourth-order valence-electron chi connectivity index (χ4n) is 3.26. The molecule has 8 heteroatoms. The highest BCUT2D eigenvalue weighted by atomic mass is 35.5. The number of imidazole rings is 1. The minimum absolute atomic E-state index is 0.00727. The fraction of sp³-hybridized carbons (Fsp3) is 0.0455. The lowest BCUT2D eigenvalue weighted by Gasteiger charge is -2.11. The van der Waals surface area contributed by atoms with Crippen molar-refractivity contribution in [3.63, 3.8) is 0 Å². The molecule has 2 N–H and O–H groups in total. The number of amides is 2. The SMILES string of the molecule is CC(=O)Nc1cccc(-c2cc(NC=O)c3ncc(-c4ccc(F)c(Cl)c4)n3c2)c1. The molecule has 0 radical (unpaired) electrons. The monoisotopic (exact) mass is 422 g/mol. The number of hydrogen-bond donors (Lipinski definition) is 2. The van der Waals surface area contributed by atoms with Crippen LogP contribution >= 0.6 is 11.6 Å². The van der Waals surface area contributed by atoms with Crippen molar-refractivity contribution in [2.75, 3.05) is 10.6 Å². The molecule has 2 heterocycles. The largest absolute Gasteiger partial charge is 0.326 e. The van der Waals surface area contributed by atoms with E-state index in [1.165, 1.54) is 19.1 Å². The Balaban J connectivity index is 1.90. The van der Waals surface area contributed by atoms with Gasteiger partial charge in [0.15, 0.2) is 5.65 Å². The number of halogens is 2. The van der Waals surface area contributed by atoms with Crippen molar-refractivity contribution < 1.29 is 14.0 Å². The van der Waals surface area contributed by atoms with Crippen molar-refractivity contribution in [3.05, 3.63) is 71.8 Å². The van der Waals surface area contributed by atoms with Crippen LogP contribution in [-0.2, 0) is 9.59 Å². The van der Waals surface area contributed by atoms with Gasteiger partial charge >= 0.3 is 0 Å². The predicted molar refractivity (Wildman–Crippen MR) is 115 cm³/mol. The Bertz CT molecular complexity index is 1290. The molecular weight excluding hydrogens is 407 g/mol. The summed E-state index contributed by atoms with van der Waals surface area (Å²) in [5.74, 6) is -0.677. The topological polar surface area (TPSA) is 75.5 Å². The summed E-state index contributed by atoms with van der Waals surface area (Å²) >= 11 is 5.95. The third-order valence-corrected chi connectivity index (χ3v) is 4.84. The van der Waals surface area contributed by atoms with Crippen LogP contribution in [0.25, 0.3) is 28.0 Å². The molecule has 2 aromatic heterocycles. The first-order valence-corrected chi connectivity index (χ1v) is 9.39. The number of aromatic nitrogens is 2. The van der Waals surface area contributed by atoms with Gasteiger partial charge in [-0.3, -0.25) is 14.0 Å². The van der Waals surface area contributed by atoms with E-state index in [4.69, 9.17) is 11.6 Å². The maximum Gasteiger partial charge on any atom is 0.221 e. The lowest BCUT2D eigenvalue weighted by atomic mass is 10.1. The van der Waals surface area contributed by atoms with Crippen molar-refractivity contribution in [3.8, 4) is 22.4 Å². The van der Waals surface area contributed by atoms with Gasteiger partial charge in [-0.15, -0.1) is 0 Å². The highest BCUT2D eigenvalue weighted by molar-refractivity contribution is 6.31. The second kappa shape index (κ2) is 7.96. The molecule has 6 nitrogen and oxygen atoms in total. The quantitative estimate of drug-likeness (QED) is 0.445. The number of fused-ring (bicyclic) bond motifs is 1. The summed E-state index contributed by atoms with van der Waals surface area (Å²) in [7, 11) is 0. The molecular formula is C22H16ClFN4O2. The van der Waals surface area contributed by atoms with Crippen molar-refractivity contribution in [2.45, 2.75) is 6.92 Å². The highest BCUT2D eigenvalue weighted by Crippen LogP contribution is 2.32. The molecule has 150 valence electrons. The standard InChI is InChI=1S/C22H16ClFN4O2/c1-13(30)27-17-4-2-3-14(7-17)16-9-20(26-12-29)22-25-10-21(28(22)11-16)15-5-6-19(24)18(23)8-15/h2-12H,1H3,(H,26,29)(H,27,30). The van der Waals surface area contributed by atoms with Crippen LogP contribution in [0.4, 0.5) is 15.8 Å². The highest BCUT2D eigenvalue weighted by Gasteiger charge is 2.14. The van der Waals surface area contributed by atoms with Gasteiger partial charge < -0.3 is 10.6 Å². The van der Waals surface area contributed by atoms with Crippen molar-refractivity contribution >= 4 is 40.9 Å². The van der Waals surface area contributed by atoms with E-state index in [0.717, 1.165) is 11.1 Å². The number of benzene rings is 2. The van der Waals surface area contributed by atoms with Crippen LogP contribution in [0.5, 0.6) is 0 Å². The smallest absolute Gasteiger partial charge is 0.221 e. The van der Waals surface area contributed by atoms with Crippen molar-refractivity contribution in [1.82, 2.24) is 9.38 Å². The number of hydrogen-bond acceptors (Lipinski definition) is 3. The average molecular weight is 423 g/mol. The third-order valence-electron chi connectivity index (χ3n) is 4.55. The number of rotatable bonds is 5. The summed E-state index contributed by atoms with van der Waals surface area (Å²) in [6.45, 7) is 1.44. The molecule has 0 bridgehead atoms. The summed E-state index contributed by atoms with van der Waals surface area (Å²) in [5, 5.41) is 5.44. The van der Waals surface area contributed by atoms with E-state index in [2.05, 4.69) is 15.6 Å². The van der Waals surface area contributed by atoms with Gasteiger partial charge in [0.05, 0.1) is 22.6 Å². The first kappa shape index (κ1) is 19.6. The van der Waals surface area contributed by atoms with Gasteiger partial charge in [-0.25, -0.2) is 9.37 Å². The Labute approximate surface area is 176 Å². The number of carbonyl (C=O) groups excluding carboxylic acids is 2. The van der Waals surface area contributed by atoms with Crippen LogP contribution in [0.3, 0.4) is 0 Å². The summed E-state index contributed by atoms with van der Waals surface area (Å²) < 4.78 is 15.4. The molecule has 0 aliphatic carbocycles. The Morgan fingerprint density at radius 2 is 1.97 bits per heavy atom. The van der Waals surface area contributed by atoms with Gasteiger partial charge in [-0.05, 0) is 42.0 Å². The zero-order valence-corrected chi connectivity index (χ0v) is 16.6. The fourth-order valence-corrected chi connectivity index (χ4v) is 3.44.